The van der Waals surface area contributed by atoms with Crippen molar-refractivity contribution in [2.45, 2.75) is 45.1 Å². The summed E-state index contributed by atoms with van der Waals surface area (Å²) < 4.78 is 1.87. The highest BCUT2D eigenvalue weighted by Crippen LogP contribution is 2.22. The minimum Gasteiger partial charge on any atom is -0.316 e. The van der Waals surface area contributed by atoms with Gasteiger partial charge < -0.3 is 5.32 Å². The summed E-state index contributed by atoms with van der Waals surface area (Å²) in [4.78, 5) is 16.9. The van der Waals surface area contributed by atoms with E-state index in [4.69, 9.17) is 4.98 Å². The summed E-state index contributed by atoms with van der Waals surface area (Å²) in [6, 6.07) is 1.76. The number of nitrogens with zero attached hydrogens (tertiary/aromatic N) is 2. The maximum Gasteiger partial charge on any atom is 0.253 e. The highest BCUT2D eigenvalue weighted by atomic mass is 16.1. The van der Waals surface area contributed by atoms with E-state index in [1.165, 1.54) is 6.42 Å². The summed E-state index contributed by atoms with van der Waals surface area (Å²) in [5, 5.41) is 3.39. The Balaban J connectivity index is 1.93. The Kier molecular flexibility index (Phi) is 3.20. The van der Waals surface area contributed by atoms with Crippen LogP contribution in [0.15, 0.2) is 10.9 Å². The number of rotatable bonds is 1. The number of hydrogen-bond donors (Lipinski definition) is 1. The Morgan fingerprint density at radius 3 is 3.11 bits per heavy atom. The van der Waals surface area contributed by atoms with Crippen molar-refractivity contribution in [3.8, 4) is 0 Å². The summed E-state index contributed by atoms with van der Waals surface area (Å²) in [6.07, 6.45) is 4.43. The van der Waals surface area contributed by atoms with Crippen LogP contribution >= 0.6 is 0 Å². The lowest BCUT2D eigenvalue weighted by molar-refractivity contribution is 0.373. The fourth-order valence-corrected chi connectivity index (χ4v) is 3.05. The molecule has 4 nitrogen and oxygen atoms in total. The third-order valence-corrected chi connectivity index (χ3v) is 4.18. The van der Waals surface area contributed by atoms with Gasteiger partial charge in [-0.05, 0) is 31.7 Å². The molecule has 4 heteroatoms. The summed E-state index contributed by atoms with van der Waals surface area (Å²) >= 11 is 0. The number of aromatic nitrogens is 2. The molecule has 18 heavy (non-hydrogen) atoms. The molecule has 0 aromatic carbocycles. The van der Waals surface area contributed by atoms with Crippen molar-refractivity contribution in [2.24, 2.45) is 5.92 Å². The molecule has 98 valence electrons. The Morgan fingerprint density at radius 2 is 2.33 bits per heavy atom. The van der Waals surface area contributed by atoms with Crippen molar-refractivity contribution in [1.29, 1.82) is 0 Å². The third-order valence-electron chi connectivity index (χ3n) is 4.18. The van der Waals surface area contributed by atoms with Gasteiger partial charge in [0.05, 0.1) is 5.69 Å². The molecule has 1 fully saturated rings. The molecule has 0 amide bonds. The van der Waals surface area contributed by atoms with Gasteiger partial charge in [-0.15, -0.1) is 0 Å². The molecular weight excluding hydrogens is 226 g/mol. The Hall–Kier alpha value is -1.16. The van der Waals surface area contributed by atoms with Crippen LogP contribution in [0.25, 0.3) is 0 Å². The second-order valence-corrected chi connectivity index (χ2v) is 5.73. The van der Waals surface area contributed by atoms with Crippen LogP contribution in [0.5, 0.6) is 0 Å². The summed E-state index contributed by atoms with van der Waals surface area (Å²) in [6.45, 7) is 5.10. The molecule has 2 unspecified atom stereocenters. The Labute approximate surface area is 107 Å². The summed E-state index contributed by atoms with van der Waals surface area (Å²) in [5.41, 5.74) is 1.15. The Morgan fingerprint density at radius 1 is 1.44 bits per heavy atom. The summed E-state index contributed by atoms with van der Waals surface area (Å²) in [7, 11) is 0. The van der Waals surface area contributed by atoms with E-state index in [1.54, 1.807) is 6.07 Å². The van der Waals surface area contributed by atoms with Gasteiger partial charge in [-0.1, -0.05) is 6.92 Å². The molecular formula is C14H21N3O. The summed E-state index contributed by atoms with van der Waals surface area (Å²) in [5.74, 6) is 2.03. The first-order valence-electron chi connectivity index (χ1n) is 7.05. The van der Waals surface area contributed by atoms with Gasteiger partial charge >= 0.3 is 0 Å². The number of hydrogen-bond acceptors (Lipinski definition) is 3. The van der Waals surface area contributed by atoms with E-state index in [0.717, 1.165) is 50.4 Å². The highest BCUT2D eigenvalue weighted by molar-refractivity contribution is 5.12. The molecule has 0 aliphatic carbocycles. The SMILES string of the molecule is CC1CCc2nc(C3CCCNC3)cc(=O)n2C1. The van der Waals surface area contributed by atoms with Crippen LogP contribution in [-0.4, -0.2) is 22.6 Å². The van der Waals surface area contributed by atoms with Crippen molar-refractivity contribution >= 4 is 0 Å². The van der Waals surface area contributed by atoms with Crippen LogP contribution in [0, 0.1) is 5.92 Å². The van der Waals surface area contributed by atoms with Crippen LogP contribution in [0.2, 0.25) is 0 Å². The van der Waals surface area contributed by atoms with Gasteiger partial charge in [0.15, 0.2) is 0 Å². The van der Waals surface area contributed by atoms with Crippen LogP contribution in [0.4, 0.5) is 0 Å². The molecule has 2 atom stereocenters. The first-order chi connectivity index (χ1) is 8.74. The maximum atomic E-state index is 12.2. The van der Waals surface area contributed by atoms with Gasteiger partial charge in [0, 0.05) is 31.5 Å². The largest absolute Gasteiger partial charge is 0.316 e. The lowest BCUT2D eigenvalue weighted by atomic mass is 9.95. The van der Waals surface area contributed by atoms with E-state index in [2.05, 4.69) is 12.2 Å². The van der Waals surface area contributed by atoms with Crippen molar-refractivity contribution in [2.75, 3.05) is 13.1 Å². The van der Waals surface area contributed by atoms with Crippen molar-refractivity contribution in [3.05, 3.63) is 27.9 Å². The molecule has 0 radical (unpaired) electrons. The minimum atomic E-state index is 0.145. The first kappa shape index (κ1) is 11.9. The van der Waals surface area contributed by atoms with Crippen molar-refractivity contribution in [3.63, 3.8) is 0 Å². The lowest BCUT2D eigenvalue weighted by Gasteiger charge is -2.26. The zero-order valence-electron chi connectivity index (χ0n) is 11.0. The minimum absolute atomic E-state index is 0.145. The van der Waals surface area contributed by atoms with Gasteiger partial charge in [0.25, 0.3) is 5.56 Å². The first-order valence-corrected chi connectivity index (χ1v) is 7.05. The van der Waals surface area contributed by atoms with Crippen LogP contribution < -0.4 is 10.9 Å². The van der Waals surface area contributed by atoms with E-state index >= 15 is 0 Å². The zero-order valence-corrected chi connectivity index (χ0v) is 11.0. The monoisotopic (exact) mass is 247 g/mol. The molecule has 3 rings (SSSR count). The molecule has 3 heterocycles. The number of aryl methyl sites for hydroxylation is 1. The van der Waals surface area contributed by atoms with Crippen LogP contribution in [0.3, 0.4) is 0 Å². The van der Waals surface area contributed by atoms with Gasteiger partial charge in [-0.3, -0.25) is 9.36 Å². The molecule has 1 saturated heterocycles. The average Bonchev–Trinajstić information content (AvgIpc) is 2.40. The highest BCUT2D eigenvalue weighted by Gasteiger charge is 2.22. The quantitative estimate of drug-likeness (QED) is 0.813. The fraction of sp³-hybridized carbons (Fsp3) is 0.714. The van der Waals surface area contributed by atoms with Crippen LogP contribution in [0.1, 0.15) is 43.6 Å². The maximum absolute atomic E-state index is 12.2. The Bertz CT molecular complexity index is 488. The van der Waals surface area contributed by atoms with Crippen LogP contribution in [-0.2, 0) is 13.0 Å². The molecule has 1 N–H and O–H groups in total. The van der Waals surface area contributed by atoms with E-state index < -0.39 is 0 Å². The number of nitrogens with one attached hydrogen (secondary N) is 1. The molecule has 1 aromatic heterocycles. The predicted octanol–water partition coefficient (Wildman–Crippen LogP) is 1.29. The van der Waals surface area contributed by atoms with Crippen molar-refractivity contribution < 1.29 is 0 Å². The predicted molar refractivity (Wildman–Crippen MR) is 70.8 cm³/mol. The fourth-order valence-electron chi connectivity index (χ4n) is 3.05. The topological polar surface area (TPSA) is 46.9 Å². The number of fused-ring (bicyclic) bond motifs is 1. The average molecular weight is 247 g/mol. The van der Waals surface area contributed by atoms with Gasteiger partial charge in [-0.25, -0.2) is 4.98 Å². The van der Waals surface area contributed by atoms with Gasteiger partial charge in [-0.2, -0.15) is 0 Å². The van der Waals surface area contributed by atoms with E-state index in [1.807, 2.05) is 4.57 Å². The van der Waals surface area contributed by atoms with Crippen molar-refractivity contribution in [1.82, 2.24) is 14.9 Å². The smallest absolute Gasteiger partial charge is 0.253 e. The van der Waals surface area contributed by atoms with Gasteiger partial charge in [0.1, 0.15) is 5.82 Å². The normalized spacial score (nSPS) is 27.8. The van der Waals surface area contributed by atoms with Gasteiger partial charge in [0.2, 0.25) is 0 Å². The standard InChI is InChI=1S/C14H21N3O/c1-10-4-5-13-16-12(7-14(18)17(13)9-10)11-3-2-6-15-8-11/h7,10-11,15H,2-6,8-9H2,1H3. The van der Waals surface area contributed by atoms with E-state index in [0.29, 0.717) is 11.8 Å². The molecule has 0 spiro atoms. The van der Waals surface area contributed by atoms with E-state index in [-0.39, 0.29) is 5.56 Å². The molecule has 0 bridgehead atoms. The third kappa shape index (κ3) is 2.21. The van der Waals surface area contributed by atoms with E-state index in [9.17, 15) is 4.79 Å². The second kappa shape index (κ2) is 4.84. The second-order valence-electron chi connectivity index (χ2n) is 5.73. The lowest BCUT2D eigenvalue weighted by Crippen LogP contribution is -2.34. The molecule has 0 saturated carbocycles. The number of piperidine rings is 1. The molecule has 1 aromatic rings. The zero-order chi connectivity index (χ0) is 12.5. The molecule has 2 aliphatic heterocycles. The molecule has 2 aliphatic rings.